The Bertz CT molecular complexity index is 417. The molecule has 7 nitrogen and oxygen atoms in total. The van der Waals surface area contributed by atoms with Crippen molar-refractivity contribution < 1.29 is 31.5 Å². The molecule has 1 rings (SSSR count). The molecule has 0 aromatic carbocycles. The fourth-order valence-electron chi connectivity index (χ4n) is 1.58. The Balaban J connectivity index is 2.47. The summed E-state index contributed by atoms with van der Waals surface area (Å²) in [5.41, 5.74) is 0. The van der Waals surface area contributed by atoms with Crippen LogP contribution in [0.5, 0.6) is 0 Å². The number of carboxylic acids is 1. The highest BCUT2D eigenvalue weighted by molar-refractivity contribution is 7.87. The first kappa shape index (κ1) is 16.1. The summed E-state index contributed by atoms with van der Waals surface area (Å²) in [6, 6.07) is 0. The van der Waals surface area contributed by atoms with E-state index in [0.29, 0.717) is 0 Å². The lowest BCUT2D eigenvalue weighted by Crippen LogP contribution is -2.53. The Labute approximate surface area is 108 Å². The molecule has 0 spiro atoms. The standard InChI is InChI=1S/C8H14F3N3O4S/c9-8(10,11)6-12-19(17,18)14-3-1-13(2-4-14)5-7(15)16/h12H,1-6H2,(H,15,16). The fourth-order valence-corrected chi connectivity index (χ4v) is 2.76. The van der Waals surface area contributed by atoms with E-state index in [0.717, 1.165) is 4.31 Å². The van der Waals surface area contributed by atoms with Crippen molar-refractivity contribution >= 4 is 16.2 Å². The summed E-state index contributed by atoms with van der Waals surface area (Å²) in [6.07, 6.45) is -4.61. The van der Waals surface area contributed by atoms with Gasteiger partial charge in [0.15, 0.2) is 0 Å². The van der Waals surface area contributed by atoms with Gasteiger partial charge in [-0.05, 0) is 0 Å². The van der Waals surface area contributed by atoms with Crippen molar-refractivity contribution in [2.45, 2.75) is 6.18 Å². The van der Waals surface area contributed by atoms with E-state index in [1.807, 2.05) is 0 Å². The van der Waals surface area contributed by atoms with E-state index >= 15 is 0 Å². The topological polar surface area (TPSA) is 90.0 Å². The van der Waals surface area contributed by atoms with E-state index in [1.165, 1.54) is 9.62 Å². The summed E-state index contributed by atoms with van der Waals surface area (Å²) in [6.45, 7) is -1.59. The van der Waals surface area contributed by atoms with Crippen LogP contribution in [0.15, 0.2) is 0 Å². The molecule has 1 aliphatic heterocycles. The molecule has 0 aliphatic carbocycles. The molecule has 0 bridgehead atoms. The molecule has 1 fully saturated rings. The number of piperazine rings is 1. The first-order chi connectivity index (χ1) is 8.60. The molecule has 1 heterocycles. The molecule has 19 heavy (non-hydrogen) atoms. The summed E-state index contributed by atoms with van der Waals surface area (Å²) in [7, 11) is -4.18. The Morgan fingerprint density at radius 3 is 2.16 bits per heavy atom. The number of alkyl halides is 3. The average molecular weight is 305 g/mol. The van der Waals surface area contributed by atoms with Crippen LogP contribution in [0.1, 0.15) is 0 Å². The van der Waals surface area contributed by atoms with Crippen molar-refractivity contribution in [1.29, 1.82) is 0 Å². The van der Waals surface area contributed by atoms with Crippen LogP contribution in [0.3, 0.4) is 0 Å². The van der Waals surface area contributed by atoms with E-state index in [-0.39, 0.29) is 32.7 Å². The minimum atomic E-state index is -4.61. The molecule has 0 saturated carbocycles. The quantitative estimate of drug-likeness (QED) is 0.686. The summed E-state index contributed by atoms with van der Waals surface area (Å²) in [5.74, 6) is -1.04. The Hall–Kier alpha value is -0.910. The van der Waals surface area contributed by atoms with Crippen molar-refractivity contribution in [3.8, 4) is 0 Å². The SMILES string of the molecule is O=C(O)CN1CCN(S(=O)(=O)NCC(F)(F)F)CC1. The predicted octanol–water partition coefficient (Wildman–Crippen LogP) is -0.915. The van der Waals surface area contributed by atoms with Gasteiger partial charge in [0.1, 0.15) is 6.54 Å². The van der Waals surface area contributed by atoms with Gasteiger partial charge in [0.05, 0.1) is 6.54 Å². The monoisotopic (exact) mass is 305 g/mol. The number of aliphatic carboxylic acids is 1. The van der Waals surface area contributed by atoms with Crippen LogP contribution in [-0.2, 0) is 15.0 Å². The highest BCUT2D eigenvalue weighted by Gasteiger charge is 2.33. The lowest BCUT2D eigenvalue weighted by atomic mass is 10.3. The van der Waals surface area contributed by atoms with Gasteiger partial charge >= 0.3 is 12.1 Å². The number of carboxylic acid groups (broad SMARTS) is 1. The number of rotatable bonds is 5. The molecule has 11 heteroatoms. The number of nitrogens with zero attached hydrogens (tertiary/aromatic N) is 2. The predicted molar refractivity (Wildman–Crippen MR) is 58.6 cm³/mol. The largest absolute Gasteiger partial charge is 0.480 e. The third-order valence-electron chi connectivity index (χ3n) is 2.49. The van der Waals surface area contributed by atoms with Gasteiger partial charge in [-0.15, -0.1) is 0 Å². The fraction of sp³-hybridized carbons (Fsp3) is 0.875. The second-order valence-corrected chi connectivity index (χ2v) is 5.77. The van der Waals surface area contributed by atoms with Crippen LogP contribution in [0.2, 0.25) is 0 Å². The zero-order valence-corrected chi connectivity index (χ0v) is 10.7. The second kappa shape index (κ2) is 6.03. The number of carbonyl (C=O) groups is 1. The molecule has 0 radical (unpaired) electrons. The van der Waals surface area contributed by atoms with Crippen molar-refractivity contribution in [2.75, 3.05) is 39.3 Å². The van der Waals surface area contributed by atoms with E-state index in [4.69, 9.17) is 5.11 Å². The van der Waals surface area contributed by atoms with Crippen LogP contribution < -0.4 is 4.72 Å². The summed E-state index contributed by atoms with van der Waals surface area (Å²) in [5, 5.41) is 8.55. The Morgan fingerprint density at radius 2 is 1.74 bits per heavy atom. The molecule has 1 saturated heterocycles. The lowest BCUT2D eigenvalue weighted by molar-refractivity contribution is -0.138. The molecule has 112 valence electrons. The van der Waals surface area contributed by atoms with Crippen molar-refractivity contribution in [2.24, 2.45) is 0 Å². The zero-order chi connectivity index (χ0) is 14.7. The van der Waals surface area contributed by atoms with Gasteiger partial charge in [-0.1, -0.05) is 0 Å². The molecule has 1 aliphatic rings. The molecule has 0 aromatic rings. The van der Waals surface area contributed by atoms with Crippen LogP contribution >= 0.6 is 0 Å². The van der Waals surface area contributed by atoms with Gasteiger partial charge in [0.25, 0.3) is 10.2 Å². The van der Waals surface area contributed by atoms with Gasteiger partial charge in [0.2, 0.25) is 0 Å². The van der Waals surface area contributed by atoms with Gasteiger partial charge in [-0.2, -0.15) is 30.6 Å². The van der Waals surface area contributed by atoms with Gasteiger partial charge in [-0.25, -0.2) is 0 Å². The minimum absolute atomic E-state index is 0.0412. The summed E-state index contributed by atoms with van der Waals surface area (Å²) < 4.78 is 61.2. The van der Waals surface area contributed by atoms with E-state index in [2.05, 4.69) is 0 Å². The third-order valence-corrected chi connectivity index (χ3v) is 4.04. The highest BCUT2D eigenvalue weighted by atomic mass is 32.2. The molecule has 0 unspecified atom stereocenters. The van der Waals surface area contributed by atoms with Crippen LogP contribution in [0.4, 0.5) is 13.2 Å². The van der Waals surface area contributed by atoms with Gasteiger partial charge < -0.3 is 5.11 Å². The number of nitrogens with one attached hydrogen (secondary N) is 1. The average Bonchev–Trinajstić information content (AvgIpc) is 2.26. The molecular formula is C8H14F3N3O4S. The first-order valence-corrected chi connectivity index (χ1v) is 6.80. The van der Waals surface area contributed by atoms with Crippen LogP contribution in [0.25, 0.3) is 0 Å². The minimum Gasteiger partial charge on any atom is -0.480 e. The Morgan fingerprint density at radius 1 is 1.21 bits per heavy atom. The smallest absolute Gasteiger partial charge is 0.402 e. The number of hydrogen-bond donors (Lipinski definition) is 2. The first-order valence-electron chi connectivity index (χ1n) is 5.36. The van der Waals surface area contributed by atoms with Crippen molar-refractivity contribution in [3.05, 3.63) is 0 Å². The highest BCUT2D eigenvalue weighted by Crippen LogP contribution is 2.14. The third kappa shape index (κ3) is 5.72. The van der Waals surface area contributed by atoms with E-state index in [1.54, 1.807) is 0 Å². The van der Waals surface area contributed by atoms with Gasteiger partial charge in [-0.3, -0.25) is 9.69 Å². The maximum Gasteiger partial charge on any atom is 0.402 e. The normalized spacial score (nSPS) is 19.5. The van der Waals surface area contributed by atoms with Crippen molar-refractivity contribution in [1.82, 2.24) is 13.9 Å². The molecular weight excluding hydrogens is 291 g/mol. The number of hydrogen-bond acceptors (Lipinski definition) is 4. The van der Waals surface area contributed by atoms with Crippen LogP contribution in [0, 0.1) is 0 Å². The van der Waals surface area contributed by atoms with E-state index in [9.17, 15) is 26.4 Å². The number of halogens is 3. The molecule has 0 aromatic heterocycles. The van der Waals surface area contributed by atoms with Gasteiger partial charge in [0, 0.05) is 26.2 Å². The summed E-state index contributed by atoms with van der Waals surface area (Å²) in [4.78, 5) is 12.0. The molecule has 0 atom stereocenters. The summed E-state index contributed by atoms with van der Waals surface area (Å²) >= 11 is 0. The Kier molecular flexibility index (Phi) is 5.12. The second-order valence-electron chi connectivity index (χ2n) is 4.01. The zero-order valence-electron chi connectivity index (χ0n) is 9.85. The lowest BCUT2D eigenvalue weighted by Gasteiger charge is -2.32. The maximum absolute atomic E-state index is 11.9. The molecule has 0 amide bonds. The van der Waals surface area contributed by atoms with E-state index < -0.39 is 28.9 Å². The molecule has 2 N–H and O–H groups in total. The van der Waals surface area contributed by atoms with Crippen molar-refractivity contribution in [3.63, 3.8) is 0 Å². The maximum atomic E-state index is 11.9. The van der Waals surface area contributed by atoms with Crippen LogP contribution in [-0.4, -0.2) is 74.1 Å².